The van der Waals surface area contributed by atoms with E-state index in [0.717, 1.165) is 37.6 Å². The summed E-state index contributed by atoms with van der Waals surface area (Å²) in [6.07, 6.45) is 3.70. The number of rotatable bonds is 2. The van der Waals surface area contributed by atoms with E-state index in [0.29, 0.717) is 5.92 Å². The first-order chi connectivity index (χ1) is 7.66. The molecule has 1 aliphatic heterocycles. The highest BCUT2D eigenvalue weighted by molar-refractivity contribution is 5.37. The van der Waals surface area contributed by atoms with Gasteiger partial charge >= 0.3 is 0 Å². The third kappa shape index (κ3) is 2.50. The van der Waals surface area contributed by atoms with Gasteiger partial charge in [0.05, 0.1) is 6.10 Å². The summed E-state index contributed by atoms with van der Waals surface area (Å²) in [4.78, 5) is 10.8. The van der Waals surface area contributed by atoms with Gasteiger partial charge < -0.3 is 10.0 Å². The van der Waals surface area contributed by atoms with Gasteiger partial charge in [0.25, 0.3) is 0 Å². The third-order valence-corrected chi connectivity index (χ3v) is 3.31. The molecule has 0 saturated carbocycles. The van der Waals surface area contributed by atoms with Crippen LogP contribution in [0.4, 0.5) is 5.82 Å². The molecule has 2 heterocycles. The van der Waals surface area contributed by atoms with E-state index in [9.17, 15) is 5.11 Å². The average molecular weight is 221 g/mol. The van der Waals surface area contributed by atoms with Crippen LogP contribution in [-0.4, -0.2) is 34.3 Å². The van der Waals surface area contributed by atoms with Crippen molar-refractivity contribution in [3.63, 3.8) is 0 Å². The molecule has 1 N–H and O–H groups in total. The van der Waals surface area contributed by atoms with E-state index < -0.39 is 0 Å². The number of aromatic nitrogens is 2. The van der Waals surface area contributed by atoms with Crippen LogP contribution in [0, 0.1) is 12.8 Å². The number of piperidine rings is 1. The first-order valence-corrected chi connectivity index (χ1v) is 5.89. The predicted molar refractivity (Wildman–Crippen MR) is 63.4 cm³/mol. The molecule has 1 aromatic heterocycles. The summed E-state index contributed by atoms with van der Waals surface area (Å²) in [5, 5.41) is 9.53. The van der Waals surface area contributed by atoms with Gasteiger partial charge in [0, 0.05) is 19.3 Å². The van der Waals surface area contributed by atoms with Gasteiger partial charge in [0.1, 0.15) is 11.6 Å². The molecule has 88 valence electrons. The van der Waals surface area contributed by atoms with Crippen molar-refractivity contribution in [2.24, 2.45) is 5.92 Å². The smallest absolute Gasteiger partial charge is 0.132 e. The lowest BCUT2D eigenvalue weighted by Crippen LogP contribution is -2.37. The summed E-state index contributed by atoms with van der Waals surface area (Å²) in [5.41, 5.74) is 0. The Balaban J connectivity index is 1.99. The van der Waals surface area contributed by atoms with E-state index in [-0.39, 0.29) is 6.10 Å². The van der Waals surface area contributed by atoms with Crippen molar-refractivity contribution in [1.82, 2.24) is 9.97 Å². The van der Waals surface area contributed by atoms with Crippen LogP contribution in [0.25, 0.3) is 0 Å². The molecule has 2 rings (SSSR count). The number of aliphatic hydroxyl groups excluding tert-OH is 1. The van der Waals surface area contributed by atoms with Crippen molar-refractivity contribution < 1.29 is 5.11 Å². The standard InChI is InChI=1S/C12H19N3O/c1-9(16)11-4-7-15(8-5-11)12-3-6-13-10(2)14-12/h3,6,9,11,16H,4-5,7-8H2,1-2H3. The Morgan fingerprint density at radius 1 is 1.44 bits per heavy atom. The lowest BCUT2D eigenvalue weighted by atomic mass is 9.92. The number of anilines is 1. The van der Waals surface area contributed by atoms with Crippen LogP contribution in [0.15, 0.2) is 12.3 Å². The first-order valence-electron chi connectivity index (χ1n) is 5.89. The second kappa shape index (κ2) is 4.78. The van der Waals surface area contributed by atoms with Gasteiger partial charge in [-0.2, -0.15) is 0 Å². The molecule has 1 saturated heterocycles. The van der Waals surface area contributed by atoms with E-state index in [1.807, 2.05) is 19.9 Å². The van der Waals surface area contributed by atoms with Gasteiger partial charge in [-0.25, -0.2) is 9.97 Å². The van der Waals surface area contributed by atoms with Crippen LogP contribution in [0.5, 0.6) is 0 Å². The van der Waals surface area contributed by atoms with Gasteiger partial charge in [-0.05, 0) is 38.7 Å². The number of hydrogen-bond donors (Lipinski definition) is 1. The maximum Gasteiger partial charge on any atom is 0.132 e. The molecule has 0 aliphatic carbocycles. The molecule has 0 bridgehead atoms. The molecule has 1 aliphatic rings. The summed E-state index contributed by atoms with van der Waals surface area (Å²) in [5.74, 6) is 2.27. The highest BCUT2D eigenvalue weighted by Gasteiger charge is 2.23. The van der Waals surface area contributed by atoms with Gasteiger partial charge in [0.15, 0.2) is 0 Å². The molecular formula is C12H19N3O. The lowest BCUT2D eigenvalue weighted by Gasteiger charge is -2.34. The van der Waals surface area contributed by atoms with Crippen molar-refractivity contribution >= 4 is 5.82 Å². The van der Waals surface area contributed by atoms with Crippen LogP contribution in [0.1, 0.15) is 25.6 Å². The molecule has 4 nitrogen and oxygen atoms in total. The van der Waals surface area contributed by atoms with Crippen molar-refractivity contribution in [2.75, 3.05) is 18.0 Å². The number of aryl methyl sites for hydroxylation is 1. The second-order valence-electron chi connectivity index (χ2n) is 4.53. The summed E-state index contributed by atoms with van der Waals surface area (Å²) in [7, 11) is 0. The zero-order chi connectivity index (χ0) is 11.5. The minimum atomic E-state index is -0.186. The molecule has 1 unspecified atom stereocenters. The highest BCUT2D eigenvalue weighted by atomic mass is 16.3. The van der Waals surface area contributed by atoms with E-state index in [2.05, 4.69) is 14.9 Å². The molecular weight excluding hydrogens is 202 g/mol. The van der Waals surface area contributed by atoms with Crippen molar-refractivity contribution in [3.8, 4) is 0 Å². The quantitative estimate of drug-likeness (QED) is 0.819. The van der Waals surface area contributed by atoms with E-state index in [1.165, 1.54) is 0 Å². The monoisotopic (exact) mass is 221 g/mol. The van der Waals surface area contributed by atoms with E-state index in [1.54, 1.807) is 6.20 Å². The Labute approximate surface area is 96.3 Å². The summed E-state index contributed by atoms with van der Waals surface area (Å²) >= 11 is 0. The molecule has 16 heavy (non-hydrogen) atoms. The van der Waals surface area contributed by atoms with Crippen LogP contribution >= 0.6 is 0 Å². The number of nitrogens with zero attached hydrogens (tertiary/aromatic N) is 3. The largest absolute Gasteiger partial charge is 0.393 e. The average Bonchev–Trinajstić information content (AvgIpc) is 2.29. The van der Waals surface area contributed by atoms with Crippen molar-refractivity contribution in [3.05, 3.63) is 18.1 Å². The third-order valence-electron chi connectivity index (χ3n) is 3.31. The maximum atomic E-state index is 9.53. The summed E-state index contributed by atoms with van der Waals surface area (Å²) in [6.45, 7) is 5.75. The fraction of sp³-hybridized carbons (Fsp3) is 0.667. The highest BCUT2D eigenvalue weighted by Crippen LogP contribution is 2.23. The molecule has 4 heteroatoms. The molecule has 0 spiro atoms. The zero-order valence-electron chi connectivity index (χ0n) is 9.93. The van der Waals surface area contributed by atoms with Gasteiger partial charge in [0.2, 0.25) is 0 Å². The molecule has 0 radical (unpaired) electrons. The lowest BCUT2D eigenvalue weighted by molar-refractivity contribution is 0.110. The Hall–Kier alpha value is -1.16. The normalized spacial score (nSPS) is 19.8. The summed E-state index contributed by atoms with van der Waals surface area (Å²) in [6, 6.07) is 1.95. The minimum absolute atomic E-state index is 0.186. The molecule has 1 atom stereocenters. The Bertz CT molecular complexity index is 346. The van der Waals surface area contributed by atoms with Crippen LogP contribution < -0.4 is 4.90 Å². The molecule has 1 aromatic rings. The van der Waals surface area contributed by atoms with Crippen LogP contribution in [0.3, 0.4) is 0 Å². The molecule has 0 amide bonds. The number of hydrogen-bond acceptors (Lipinski definition) is 4. The fourth-order valence-corrected chi connectivity index (χ4v) is 2.23. The Kier molecular flexibility index (Phi) is 3.39. The number of aliphatic hydroxyl groups is 1. The minimum Gasteiger partial charge on any atom is -0.393 e. The SMILES string of the molecule is Cc1nccc(N2CCC(C(C)O)CC2)n1. The van der Waals surface area contributed by atoms with E-state index in [4.69, 9.17) is 0 Å². The van der Waals surface area contributed by atoms with Gasteiger partial charge in [-0.15, -0.1) is 0 Å². The topological polar surface area (TPSA) is 49.2 Å². The first kappa shape index (κ1) is 11.3. The predicted octanol–water partition coefficient (Wildman–Crippen LogP) is 1.38. The maximum absolute atomic E-state index is 9.53. The van der Waals surface area contributed by atoms with E-state index >= 15 is 0 Å². The zero-order valence-corrected chi connectivity index (χ0v) is 9.93. The van der Waals surface area contributed by atoms with Crippen LogP contribution in [-0.2, 0) is 0 Å². The second-order valence-corrected chi connectivity index (χ2v) is 4.53. The van der Waals surface area contributed by atoms with Crippen molar-refractivity contribution in [2.45, 2.75) is 32.8 Å². The molecule has 0 aromatic carbocycles. The Morgan fingerprint density at radius 3 is 2.69 bits per heavy atom. The molecule has 1 fully saturated rings. The fourth-order valence-electron chi connectivity index (χ4n) is 2.23. The van der Waals surface area contributed by atoms with Crippen molar-refractivity contribution in [1.29, 1.82) is 0 Å². The Morgan fingerprint density at radius 2 is 2.12 bits per heavy atom. The van der Waals surface area contributed by atoms with Gasteiger partial charge in [-0.1, -0.05) is 0 Å². The summed E-state index contributed by atoms with van der Waals surface area (Å²) < 4.78 is 0. The van der Waals surface area contributed by atoms with Crippen LogP contribution in [0.2, 0.25) is 0 Å². The van der Waals surface area contributed by atoms with Gasteiger partial charge in [-0.3, -0.25) is 0 Å².